The summed E-state index contributed by atoms with van der Waals surface area (Å²) in [4.78, 5) is 24.4. The average molecular weight is 292 g/mol. The Morgan fingerprint density at radius 1 is 1.14 bits per heavy atom. The largest absolute Gasteiger partial charge is 0.462 e. The normalized spacial score (nSPS) is 64.1. The number of hydrogen-bond acceptors (Lipinski definition) is 4. The van der Waals surface area contributed by atoms with Gasteiger partial charge in [0, 0.05) is 23.2 Å². The molecule has 4 nitrogen and oxygen atoms in total. The van der Waals surface area contributed by atoms with E-state index in [2.05, 4.69) is 13.8 Å². The zero-order valence-electron chi connectivity index (χ0n) is 13.1. The lowest BCUT2D eigenvalue weighted by Crippen LogP contribution is -2.81. The zero-order chi connectivity index (χ0) is 14.6. The maximum Gasteiger partial charge on any atom is 0.309 e. The van der Waals surface area contributed by atoms with Crippen LogP contribution in [-0.2, 0) is 19.3 Å². The molecule has 4 heteroatoms. The zero-order valence-corrected chi connectivity index (χ0v) is 13.1. The van der Waals surface area contributed by atoms with Crippen molar-refractivity contribution in [1.29, 1.82) is 0 Å². The molecule has 0 amide bonds. The molecule has 4 aliphatic carbocycles. The SMILES string of the molecule is C[C@@H]1CCC23C4OO[C@@]5(C)CCC41C2C(C5)OC(=O)[C@@H]3C. The monoisotopic (exact) mass is 292 g/mol. The molecule has 0 N–H and O–H groups in total. The molecular weight excluding hydrogens is 268 g/mol. The van der Waals surface area contributed by atoms with Crippen molar-refractivity contribution in [2.45, 2.75) is 70.7 Å². The molecule has 2 saturated heterocycles. The lowest BCUT2D eigenvalue weighted by molar-refractivity contribution is -0.484. The van der Waals surface area contributed by atoms with Crippen LogP contribution < -0.4 is 0 Å². The Morgan fingerprint density at radius 3 is 2.76 bits per heavy atom. The van der Waals surface area contributed by atoms with E-state index in [0.717, 1.165) is 25.7 Å². The van der Waals surface area contributed by atoms with E-state index in [1.165, 1.54) is 6.42 Å². The smallest absolute Gasteiger partial charge is 0.309 e. The van der Waals surface area contributed by atoms with Gasteiger partial charge in [-0.05, 0) is 38.5 Å². The van der Waals surface area contributed by atoms with E-state index in [4.69, 9.17) is 14.5 Å². The quantitative estimate of drug-likeness (QED) is 0.509. The second kappa shape index (κ2) is 3.48. The van der Waals surface area contributed by atoms with E-state index in [-0.39, 0.29) is 40.5 Å². The van der Waals surface area contributed by atoms with Crippen molar-refractivity contribution in [3.63, 3.8) is 0 Å². The van der Waals surface area contributed by atoms with Gasteiger partial charge in [-0.25, -0.2) is 9.78 Å². The van der Waals surface area contributed by atoms with Crippen molar-refractivity contribution >= 4 is 5.97 Å². The third-order valence-corrected chi connectivity index (χ3v) is 7.93. The van der Waals surface area contributed by atoms with E-state index >= 15 is 0 Å². The molecule has 6 rings (SSSR count). The molecule has 0 aromatic rings. The summed E-state index contributed by atoms with van der Waals surface area (Å²) >= 11 is 0. The molecule has 2 spiro atoms. The number of ether oxygens (including phenoxy) is 1. The highest BCUT2D eigenvalue weighted by molar-refractivity contribution is 5.75. The van der Waals surface area contributed by atoms with Crippen LogP contribution in [0.25, 0.3) is 0 Å². The van der Waals surface area contributed by atoms with E-state index in [0.29, 0.717) is 11.8 Å². The summed E-state index contributed by atoms with van der Waals surface area (Å²) in [5.74, 6) is 1.04. The number of esters is 1. The van der Waals surface area contributed by atoms with Gasteiger partial charge in [-0.1, -0.05) is 13.8 Å². The summed E-state index contributed by atoms with van der Waals surface area (Å²) in [7, 11) is 0. The standard InChI is InChI=1S/C17H24O4/c1-9-4-5-17-10(2)13(18)19-11-8-15(3)6-7-16(9,12(11)17)14(17)20-21-15/h9-12,14H,4-8H2,1-3H3/t9-,10+,11?,12?,14?,15+,16?,17?/m1/s1. The minimum atomic E-state index is -0.295. The second-order valence-corrected chi connectivity index (χ2v) is 8.55. The third kappa shape index (κ3) is 1.15. The summed E-state index contributed by atoms with van der Waals surface area (Å²) in [6.07, 6.45) is 5.37. The van der Waals surface area contributed by atoms with Crippen molar-refractivity contribution < 1.29 is 19.3 Å². The van der Waals surface area contributed by atoms with Crippen LogP contribution in [-0.4, -0.2) is 23.8 Å². The first-order valence-electron chi connectivity index (χ1n) is 8.49. The summed E-state index contributed by atoms with van der Waals surface area (Å²) < 4.78 is 5.90. The van der Waals surface area contributed by atoms with Crippen LogP contribution in [0.1, 0.15) is 52.9 Å². The topological polar surface area (TPSA) is 44.8 Å². The maximum atomic E-state index is 12.4. The number of rotatable bonds is 0. The van der Waals surface area contributed by atoms with Gasteiger partial charge >= 0.3 is 5.97 Å². The highest BCUT2D eigenvalue weighted by atomic mass is 17.2. The Balaban J connectivity index is 1.73. The van der Waals surface area contributed by atoms with Crippen LogP contribution in [0.2, 0.25) is 0 Å². The first kappa shape index (κ1) is 12.9. The molecule has 6 fully saturated rings. The van der Waals surface area contributed by atoms with Gasteiger partial charge in [0.05, 0.1) is 5.92 Å². The summed E-state index contributed by atoms with van der Waals surface area (Å²) in [6.45, 7) is 6.52. The molecule has 6 aliphatic rings. The number of carbonyl (C=O) groups excluding carboxylic acids is 1. The van der Waals surface area contributed by atoms with Gasteiger partial charge in [-0.3, -0.25) is 4.79 Å². The fourth-order valence-electron chi connectivity index (χ4n) is 6.88. The minimum absolute atomic E-state index is 0.0147. The number of carbonyl (C=O) groups is 1. The Hall–Kier alpha value is -0.610. The lowest BCUT2D eigenvalue weighted by Gasteiger charge is -2.76. The molecule has 2 heterocycles. The van der Waals surface area contributed by atoms with Gasteiger partial charge in [0.25, 0.3) is 0 Å². The Kier molecular flexibility index (Phi) is 2.14. The molecule has 8 atom stereocenters. The minimum Gasteiger partial charge on any atom is -0.462 e. The van der Waals surface area contributed by atoms with E-state index in [1.54, 1.807) is 0 Å². The van der Waals surface area contributed by atoms with E-state index < -0.39 is 0 Å². The molecule has 4 saturated carbocycles. The van der Waals surface area contributed by atoms with Crippen molar-refractivity contribution in [3.8, 4) is 0 Å². The molecular formula is C17H24O4. The van der Waals surface area contributed by atoms with Crippen molar-refractivity contribution in [1.82, 2.24) is 0 Å². The van der Waals surface area contributed by atoms with E-state index in [1.807, 2.05) is 6.92 Å². The highest BCUT2D eigenvalue weighted by Gasteiger charge is 2.83. The predicted molar refractivity (Wildman–Crippen MR) is 74.0 cm³/mol. The highest BCUT2D eigenvalue weighted by Crippen LogP contribution is 2.79. The van der Waals surface area contributed by atoms with E-state index in [9.17, 15) is 4.79 Å². The van der Waals surface area contributed by atoms with Crippen molar-refractivity contribution in [2.75, 3.05) is 0 Å². The van der Waals surface area contributed by atoms with Crippen LogP contribution in [0.4, 0.5) is 0 Å². The van der Waals surface area contributed by atoms with Gasteiger partial charge in [-0.15, -0.1) is 0 Å². The van der Waals surface area contributed by atoms with Crippen molar-refractivity contribution in [3.05, 3.63) is 0 Å². The fraction of sp³-hybridized carbons (Fsp3) is 0.941. The molecule has 116 valence electrons. The summed E-state index contributed by atoms with van der Waals surface area (Å²) in [6, 6.07) is 0. The first-order chi connectivity index (χ1) is 9.94. The fourth-order valence-corrected chi connectivity index (χ4v) is 6.88. The van der Waals surface area contributed by atoms with Gasteiger partial charge in [0.15, 0.2) is 0 Å². The van der Waals surface area contributed by atoms with Crippen LogP contribution in [0.15, 0.2) is 0 Å². The maximum absolute atomic E-state index is 12.4. The second-order valence-electron chi connectivity index (χ2n) is 8.55. The third-order valence-electron chi connectivity index (χ3n) is 7.93. The number of hydrogen-bond donors (Lipinski definition) is 0. The van der Waals surface area contributed by atoms with Gasteiger partial charge in [0.2, 0.25) is 0 Å². The van der Waals surface area contributed by atoms with Crippen LogP contribution >= 0.6 is 0 Å². The molecule has 0 aromatic heterocycles. The summed E-state index contributed by atoms with van der Waals surface area (Å²) in [5.41, 5.74) is -0.152. The average Bonchev–Trinajstić information content (AvgIpc) is 2.61. The Bertz CT molecular complexity index is 533. The predicted octanol–water partition coefficient (Wildman–Crippen LogP) is 2.85. The Labute approximate surface area is 125 Å². The molecule has 21 heavy (non-hydrogen) atoms. The summed E-state index contributed by atoms with van der Waals surface area (Å²) in [5, 5.41) is 0. The van der Waals surface area contributed by atoms with Gasteiger partial charge in [-0.2, -0.15) is 0 Å². The van der Waals surface area contributed by atoms with Crippen LogP contribution in [0, 0.1) is 28.6 Å². The number of fused-ring (bicyclic) bond motifs is 4. The Morgan fingerprint density at radius 2 is 1.95 bits per heavy atom. The first-order valence-corrected chi connectivity index (χ1v) is 8.49. The molecule has 0 radical (unpaired) electrons. The lowest BCUT2D eigenvalue weighted by atomic mass is 9.30. The molecule has 5 unspecified atom stereocenters. The van der Waals surface area contributed by atoms with Crippen molar-refractivity contribution in [2.24, 2.45) is 28.6 Å². The molecule has 3 bridgehead atoms. The van der Waals surface area contributed by atoms with Crippen LogP contribution in [0.3, 0.4) is 0 Å². The van der Waals surface area contributed by atoms with Gasteiger partial charge in [0.1, 0.15) is 17.8 Å². The molecule has 2 aliphatic heterocycles. The van der Waals surface area contributed by atoms with Crippen LogP contribution in [0.5, 0.6) is 0 Å². The van der Waals surface area contributed by atoms with Gasteiger partial charge < -0.3 is 4.74 Å². The molecule has 0 aromatic carbocycles.